The highest BCUT2D eigenvalue weighted by Crippen LogP contribution is 2.30. The molecule has 0 radical (unpaired) electrons. The fraction of sp³-hybridized carbons (Fsp3) is 0.375. The zero-order valence-electron chi connectivity index (χ0n) is 17.8. The minimum absolute atomic E-state index is 0.353. The van der Waals surface area contributed by atoms with Crippen LogP contribution in [0.15, 0.2) is 65.7 Å². The summed E-state index contributed by atoms with van der Waals surface area (Å²) in [5.74, 6) is 1.77. The van der Waals surface area contributed by atoms with Gasteiger partial charge in [-0.15, -0.1) is 0 Å². The fourth-order valence-electron chi connectivity index (χ4n) is 4.08. The van der Waals surface area contributed by atoms with Crippen LogP contribution < -0.4 is 25.2 Å². The quantitative estimate of drug-likeness (QED) is 0.440. The molecule has 2 aromatic carbocycles. The van der Waals surface area contributed by atoms with Crippen LogP contribution in [0, 0.1) is 0 Å². The highest BCUT2D eigenvalue weighted by molar-refractivity contribution is 5.80. The summed E-state index contributed by atoms with van der Waals surface area (Å²) in [5.41, 5.74) is 3.67. The molecule has 6 heteroatoms. The van der Waals surface area contributed by atoms with Crippen molar-refractivity contribution in [3.63, 3.8) is 0 Å². The van der Waals surface area contributed by atoms with Crippen molar-refractivity contribution in [2.75, 3.05) is 50.1 Å². The van der Waals surface area contributed by atoms with Crippen molar-refractivity contribution in [3.05, 3.63) is 66.2 Å². The molecule has 1 unspecified atom stereocenters. The molecule has 4 rings (SSSR count). The Kier molecular flexibility index (Phi) is 6.42. The molecule has 0 amide bonds. The van der Waals surface area contributed by atoms with Crippen molar-refractivity contribution >= 4 is 17.3 Å². The van der Waals surface area contributed by atoms with Gasteiger partial charge in [0.15, 0.2) is 5.96 Å². The molecule has 158 valence electrons. The van der Waals surface area contributed by atoms with Crippen LogP contribution in [0.5, 0.6) is 5.75 Å². The van der Waals surface area contributed by atoms with E-state index in [1.807, 2.05) is 19.2 Å². The summed E-state index contributed by atoms with van der Waals surface area (Å²) in [6.07, 6.45) is 5.49. The molecule has 0 bridgehead atoms. The van der Waals surface area contributed by atoms with Crippen molar-refractivity contribution in [1.82, 2.24) is 10.6 Å². The number of ether oxygens (including phenoxy) is 1. The van der Waals surface area contributed by atoms with Gasteiger partial charge in [-0.25, -0.2) is 0 Å². The number of hydrogen-bond acceptors (Lipinski definition) is 4. The number of benzene rings is 2. The van der Waals surface area contributed by atoms with Gasteiger partial charge in [0.05, 0.1) is 12.8 Å². The Morgan fingerprint density at radius 1 is 1.07 bits per heavy atom. The second-order valence-corrected chi connectivity index (χ2v) is 7.72. The molecule has 0 saturated carbocycles. The smallest absolute Gasteiger partial charge is 0.191 e. The zero-order valence-corrected chi connectivity index (χ0v) is 17.8. The van der Waals surface area contributed by atoms with Gasteiger partial charge in [0, 0.05) is 51.5 Å². The summed E-state index contributed by atoms with van der Waals surface area (Å²) in [6.45, 7) is 4.69. The average molecular weight is 406 g/mol. The van der Waals surface area contributed by atoms with Gasteiger partial charge in [0.25, 0.3) is 0 Å². The summed E-state index contributed by atoms with van der Waals surface area (Å²) in [5, 5.41) is 7.02. The molecule has 1 fully saturated rings. The normalized spacial score (nSPS) is 18.7. The lowest BCUT2D eigenvalue weighted by Gasteiger charge is -2.22. The first-order valence-electron chi connectivity index (χ1n) is 10.6. The van der Waals surface area contributed by atoms with Crippen LogP contribution >= 0.6 is 0 Å². The average Bonchev–Trinajstić information content (AvgIpc) is 3.49. The number of aliphatic imine (C=N–C) groups is 1. The van der Waals surface area contributed by atoms with Crippen LogP contribution in [0.25, 0.3) is 0 Å². The van der Waals surface area contributed by atoms with E-state index in [2.05, 4.69) is 74.0 Å². The van der Waals surface area contributed by atoms with Gasteiger partial charge >= 0.3 is 0 Å². The number of nitrogens with one attached hydrogen (secondary N) is 2. The lowest BCUT2D eigenvalue weighted by molar-refractivity contribution is 0.415. The second kappa shape index (κ2) is 9.57. The first-order chi connectivity index (χ1) is 14.8. The summed E-state index contributed by atoms with van der Waals surface area (Å²) in [6, 6.07) is 17.3. The minimum Gasteiger partial charge on any atom is -0.495 e. The van der Waals surface area contributed by atoms with Crippen LogP contribution in [0.2, 0.25) is 0 Å². The maximum Gasteiger partial charge on any atom is 0.191 e. The molecule has 2 N–H and O–H groups in total. The van der Waals surface area contributed by atoms with E-state index < -0.39 is 0 Å². The van der Waals surface area contributed by atoms with Gasteiger partial charge in [-0.05, 0) is 36.2 Å². The predicted octanol–water partition coefficient (Wildman–Crippen LogP) is 3.02. The van der Waals surface area contributed by atoms with Crippen molar-refractivity contribution < 1.29 is 4.74 Å². The summed E-state index contributed by atoms with van der Waals surface area (Å²) >= 11 is 0. The molecule has 2 heterocycles. The van der Waals surface area contributed by atoms with Gasteiger partial charge in [0.1, 0.15) is 5.75 Å². The van der Waals surface area contributed by atoms with Crippen LogP contribution in [-0.2, 0) is 6.54 Å². The molecule has 0 aliphatic carbocycles. The van der Waals surface area contributed by atoms with Crippen molar-refractivity contribution in [3.8, 4) is 5.75 Å². The monoisotopic (exact) mass is 405 g/mol. The zero-order chi connectivity index (χ0) is 20.8. The molecule has 30 heavy (non-hydrogen) atoms. The lowest BCUT2D eigenvalue weighted by atomic mass is 10.2. The molecular formula is C24H31N5O. The van der Waals surface area contributed by atoms with E-state index in [9.17, 15) is 0 Å². The second-order valence-electron chi connectivity index (χ2n) is 7.72. The first kappa shape index (κ1) is 20.1. The first-order valence-corrected chi connectivity index (χ1v) is 10.6. The number of guanidine groups is 1. The Morgan fingerprint density at radius 3 is 2.57 bits per heavy atom. The van der Waals surface area contributed by atoms with E-state index in [1.54, 1.807) is 7.11 Å². The van der Waals surface area contributed by atoms with Crippen molar-refractivity contribution in [2.45, 2.75) is 19.0 Å². The van der Waals surface area contributed by atoms with Gasteiger partial charge in [-0.1, -0.05) is 36.4 Å². The van der Waals surface area contributed by atoms with Gasteiger partial charge in [0.2, 0.25) is 0 Å². The number of anilines is 2. The van der Waals surface area contributed by atoms with Crippen LogP contribution in [0.4, 0.5) is 11.4 Å². The Morgan fingerprint density at radius 2 is 1.83 bits per heavy atom. The Labute approximate surface area is 179 Å². The van der Waals surface area contributed by atoms with Crippen LogP contribution in [0.1, 0.15) is 12.0 Å². The number of methoxy groups -OCH3 is 1. The van der Waals surface area contributed by atoms with Crippen LogP contribution in [-0.4, -0.2) is 52.3 Å². The highest BCUT2D eigenvalue weighted by Gasteiger charge is 2.25. The van der Waals surface area contributed by atoms with Crippen molar-refractivity contribution in [2.24, 2.45) is 4.99 Å². The third kappa shape index (κ3) is 4.70. The van der Waals surface area contributed by atoms with E-state index in [0.29, 0.717) is 6.04 Å². The van der Waals surface area contributed by atoms with E-state index in [0.717, 1.165) is 56.5 Å². The van der Waals surface area contributed by atoms with Gasteiger partial charge in [-0.3, -0.25) is 4.99 Å². The standard InChI is InChI=1S/C24H31N5O/c1-25-24(26-17-19-9-11-21(12-10-19)28-14-5-6-15-28)27-20-13-16-29(18-20)22-7-3-4-8-23(22)30-2/h3-12,20H,13-18H2,1-2H3,(H2,25,26,27). The SMILES string of the molecule is CN=C(NCc1ccc(N2CC=CC2)cc1)NC1CCN(c2ccccc2OC)C1. The lowest BCUT2D eigenvalue weighted by Crippen LogP contribution is -2.44. The molecule has 2 aromatic rings. The van der Waals surface area contributed by atoms with E-state index in [4.69, 9.17) is 4.74 Å². The Bertz CT molecular complexity index is 885. The highest BCUT2D eigenvalue weighted by atomic mass is 16.5. The molecule has 0 aromatic heterocycles. The number of rotatable bonds is 6. The molecule has 6 nitrogen and oxygen atoms in total. The minimum atomic E-state index is 0.353. The maximum atomic E-state index is 5.52. The largest absolute Gasteiger partial charge is 0.495 e. The van der Waals surface area contributed by atoms with E-state index in [1.165, 1.54) is 11.3 Å². The number of hydrogen-bond donors (Lipinski definition) is 2. The Balaban J connectivity index is 1.28. The predicted molar refractivity (Wildman–Crippen MR) is 125 cm³/mol. The van der Waals surface area contributed by atoms with E-state index in [-0.39, 0.29) is 0 Å². The van der Waals surface area contributed by atoms with E-state index >= 15 is 0 Å². The fourth-order valence-corrected chi connectivity index (χ4v) is 4.08. The molecule has 1 atom stereocenters. The van der Waals surface area contributed by atoms with Gasteiger partial charge < -0.3 is 25.2 Å². The third-order valence-corrected chi connectivity index (χ3v) is 5.76. The maximum absolute atomic E-state index is 5.52. The number of nitrogens with zero attached hydrogens (tertiary/aromatic N) is 3. The van der Waals surface area contributed by atoms with Crippen molar-refractivity contribution in [1.29, 1.82) is 0 Å². The molecule has 2 aliphatic rings. The summed E-state index contributed by atoms with van der Waals surface area (Å²) in [4.78, 5) is 9.14. The third-order valence-electron chi connectivity index (χ3n) is 5.76. The van der Waals surface area contributed by atoms with Crippen LogP contribution in [0.3, 0.4) is 0 Å². The summed E-state index contributed by atoms with van der Waals surface area (Å²) < 4.78 is 5.52. The molecule has 0 spiro atoms. The summed E-state index contributed by atoms with van der Waals surface area (Å²) in [7, 11) is 3.55. The van der Waals surface area contributed by atoms with Gasteiger partial charge in [-0.2, -0.15) is 0 Å². The molecule has 2 aliphatic heterocycles. The molecular weight excluding hydrogens is 374 g/mol. The topological polar surface area (TPSA) is 52.1 Å². The number of para-hydroxylation sites is 2. The molecule has 1 saturated heterocycles. The Hall–Kier alpha value is -3.15.